The zero-order valence-corrected chi connectivity index (χ0v) is 20.6. The van der Waals surface area contributed by atoms with E-state index in [4.69, 9.17) is 11.6 Å². The van der Waals surface area contributed by atoms with Crippen molar-refractivity contribution in [2.75, 3.05) is 49.1 Å². The van der Waals surface area contributed by atoms with Gasteiger partial charge < -0.3 is 14.7 Å². The number of piperazine rings is 1. The highest BCUT2D eigenvalue weighted by atomic mass is 35.5. The number of halogens is 1. The van der Waals surface area contributed by atoms with Crippen LogP contribution >= 0.6 is 23.4 Å². The molecule has 0 unspecified atom stereocenters. The Balaban J connectivity index is 1.16. The van der Waals surface area contributed by atoms with Crippen LogP contribution in [0.15, 0.2) is 76.9 Å². The third-order valence-electron chi connectivity index (χ3n) is 6.51. The molecule has 5 rings (SSSR count). The van der Waals surface area contributed by atoms with Crippen LogP contribution in [0.5, 0.6) is 0 Å². The Hall–Kier alpha value is -2.77. The second-order valence-corrected chi connectivity index (χ2v) is 10.2. The summed E-state index contributed by atoms with van der Waals surface area (Å²) < 4.78 is 0. The van der Waals surface area contributed by atoms with Crippen LogP contribution in [0.1, 0.15) is 12.8 Å². The molecule has 0 aliphatic carbocycles. The van der Waals surface area contributed by atoms with Gasteiger partial charge in [-0.2, -0.15) is 0 Å². The molecule has 8 heteroatoms. The molecule has 6 nitrogen and oxygen atoms in total. The maximum absolute atomic E-state index is 13.2. The molecule has 2 fully saturated rings. The first-order chi connectivity index (χ1) is 16.7. The molecular formula is C26H28ClN5OS. The molecule has 3 aromatic rings. The zero-order valence-electron chi connectivity index (χ0n) is 19.0. The van der Waals surface area contributed by atoms with E-state index in [0.29, 0.717) is 5.91 Å². The molecule has 1 amide bonds. The van der Waals surface area contributed by atoms with Gasteiger partial charge in [0.1, 0.15) is 5.03 Å². The molecule has 2 aromatic carbocycles. The third kappa shape index (κ3) is 5.31. The van der Waals surface area contributed by atoms with E-state index in [1.807, 2.05) is 41.3 Å². The van der Waals surface area contributed by atoms with Crippen molar-refractivity contribution in [2.45, 2.75) is 22.8 Å². The third-order valence-corrected chi connectivity index (χ3v) is 7.74. The van der Waals surface area contributed by atoms with E-state index in [9.17, 15) is 4.79 Å². The summed E-state index contributed by atoms with van der Waals surface area (Å²) in [6.45, 7) is 4.83. The van der Waals surface area contributed by atoms with Gasteiger partial charge in [-0.3, -0.25) is 4.79 Å². The lowest BCUT2D eigenvalue weighted by molar-refractivity contribution is -0.136. The first-order valence-corrected chi connectivity index (χ1v) is 12.9. The summed E-state index contributed by atoms with van der Waals surface area (Å²) in [7, 11) is 0. The number of nitrogens with zero attached hydrogens (tertiary/aromatic N) is 5. The first-order valence-electron chi connectivity index (χ1n) is 11.8. The molecular weight excluding hydrogens is 466 g/mol. The van der Waals surface area contributed by atoms with Crippen molar-refractivity contribution in [2.24, 2.45) is 5.92 Å². The SMILES string of the molecule is O=C(C1CCN(c2nccnc2Sc2ccccc2)CC1)N1CCN(c2cccc(Cl)c2)CC1. The van der Waals surface area contributed by atoms with Crippen LogP contribution < -0.4 is 9.80 Å². The second kappa shape index (κ2) is 10.7. The lowest BCUT2D eigenvalue weighted by Gasteiger charge is -2.39. The van der Waals surface area contributed by atoms with E-state index in [2.05, 4.69) is 38.0 Å². The lowest BCUT2D eigenvalue weighted by atomic mass is 9.95. The van der Waals surface area contributed by atoms with Crippen LogP contribution in [0.25, 0.3) is 0 Å². The Morgan fingerprint density at radius 3 is 2.32 bits per heavy atom. The van der Waals surface area contributed by atoms with Crippen LogP contribution in [-0.2, 0) is 4.79 Å². The van der Waals surface area contributed by atoms with Crippen LogP contribution in [0.4, 0.5) is 11.5 Å². The summed E-state index contributed by atoms with van der Waals surface area (Å²) in [5, 5.41) is 1.66. The van der Waals surface area contributed by atoms with Crippen LogP contribution in [-0.4, -0.2) is 60.0 Å². The number of aromatic nitrogens is 2. The minimum Gasteiger partial charge on any atom is -0.368 e. The fraction of sp³-hybridized carbons (Fsp3) is 0.346. The molecule has 0 bridgehead atoms. The first kappa shape index (κ1) is 23.0. The summed E-state index contributed by atoms with van der Waals surface area (Å²) >= 11 is 7.78. The molecule has 0 radical (unpaired) electrons. The minimum absolute atomic E-state index is 0.0795. The Labute approximate surface area is 209 Å². The van der Waals surface area contributed by atoms with Crippen molar-refractivity contribution in [1.29, 1.82) is 0 Å². The number of anilines is 2. The minimum atomic E-state index is 0.0795. The van der Waals surface area contributed by atoms with Gasteiger partial charge >= 0.3 is 0 Å². The average Bonchev–Trinajstić information content (AvgIpc) is 2.89. The van der Waals surface area contributed by atoms with Gasteiger partial charge in [-0.05, 0) is 43.2 Å². The number of carbonyl (C=O) groups is 1. The standard InChI is InChI=1S/C26H28ClN5OS/c27-21-5-4-6-22(19-21)30-15-17-32(18-16-30)26(33)20-9-13-31(14-10-20)24-25(29-12-11-28-24)34-23-7-2-1-3-8-23/h1-8,11-12,19-20H,9-10,13-18H2. The molecule has 0 N–H and O–H groups in total. The molecule has 0 atom stereocenters. The van der Waals surface area contributed by atoms with Gasteiger partial charge in [0.15, 0.2) is 5.82 Å². The van der Waals surface area contributed by atoms with Gasteiger partial charge in [-0.15, -0.1) is 0 Å². The fourth-order valence-electron chi connectivity index (χ4n) is 4.66. The van der Waals surface area contributed by atoms with E-state index in [1.54, 1.807) is 24.2 Å². The van der Waals surface area contributed by atoms with Crippen molar-refractivity contribution >= 4 is 40.8 Å². The van der Waals surface area contributed by atoms with E-state index in [0.717, 1.165) is 78.6 Å². The molecule has 0 saturated carbocycles. The second-order valence-electron chi connectivity index (χ2n) is 8.65. The van der Waals surface area contributed by atoms with Crippen LogP contribution in [0.3, 0.4) is 0 Å². The smallest absolute Gasteiger partial charge is 0.225 e. The van der Waals surface area contributed by atoms with Gasteiger partial charge in [0.05, 0.1) is 0 Å². The largest absolute Gasteiger partial charge is 0.368 e. The molecule has 34 heavy (non-hydrogen) atoms. The monoisotopic (exact) mass is 493 g/mol. The molecule has 2 saturated heterocycles. The van der Waals surface area contributed by atoms with Gasteiger partial charge in [-0.1, -0.05) is 47.6 Å². The highest BCUT2D eigenvalue weighted by molar-refractivity contribution is 7.99. The van der Waals surface area contributed by atoms with Crippen molar-refractivity contribution in [3.63, 3.8) is 0 Å². The highest BCUT2D eigenvalue weighted by Gasteiger charge is 2.31. The Kier molecular flexibility index (Phi) is 7.21. The fourth-order valence-corrected chi connectivity index (χ4v) is 5.75. The van der Waals surface area contributed by atoms with Crippen molar-refractivity contribution < 1.29 is 4.79 Å². The zero-order chi connectivity index (χ0) is 23.3. The highest BCUT2D eigenvalue weighted by Crippen LogP contribution is 2.34. The molecule has 3 heterocycles. The number of piperidine rings is 1. The van der Waals surface area contributed by atoms with Crippen molar-refractivity contribution in [3.8, 4) is 0 Å². The summed E-state index contributed by atoms with van der Waals surface area (Å²) in [5.41, 5.74) is 1.13. The maximum Gasteiger partial charge on any atom is 0.225 e. The summed E-state index contributed by atoms with van der Waals surface area (Å²) in [4.78, 5) is 30.2. The van der Waals surface area contributed by atoms with Gasteiger partial charge in [0.2, 0.25) is 5.91 Å². The van der Waals surface area contributed by atoms with Gasteiger partial charge in [0.25, 0.3) is 0 Å². The Bertz CT molecular complexity index is 1110. The number of amides is 1. The Morgan fingerprint density at radius 1 is 0.853 bits per heavy atom. The summed E-state index contributed by atoms with van der Waals surface area (Å²) in [5.74, 6) is 1.29. The quantitative estimate of drug-likeness (QED) is 0.506. The molecule has 0 spiro atoms. The Morgan fingerprint density at radius 2 is 1.59 bits per heavy atom. The number of carbonyl (C=O) groups excluding carboxylic acids is 1. The van der Waals surface area contributed by atoms with E-state index in [1.165, 1.54) is 0 Å². The van der Waals surface area contributed by atoms with E-state index in [-0.39, 0.29) is 5.92 Å². The molecule has 2 aliphatic rings. The number of hydrogen-bond donors (Lipinski definition) is 0. The van der Waals surface area contributed by atoms with E-state index >= 15 is 0 Å². The summed E-state index contributed by atoms with van der Waals surface area (Å²) in [6.07, 6.45) is 5.19. The predicted octanol–water partition coefficient (Wildman–Crippen LogP) is 4.85. The topological polar surface area (TPSA) is 52.6 Å². The van der Waals surface area contributed by atoms with Crippen molar-refractivity contribution in [1.82, 2.24) is 14.9 Å². The van der Waals surface area contributed by atoms with Gasteiger partial charge in [-0.25, -0.2) is 9.97 Å². The predicted molar refractivity (Wildman–Crippen MR) is 138 cm³/mol. The van der Waals surface area contributed by atoms with Gasteiger partial charge in [0, 0.05) is 73.2 Å². The average molecular weight is 494 g/mol. The normalized spacial score (nSPS) is 17.1. The van der Waals surface area contributed by atoms with Crippen LogP contribution in [0.2, 0.25) is 5.02 Å². The number of hydrogen-bond acceptors (Lipinski definition) is 6. The molecule has 1 aromatic heterocycles. The van der Waals surface area contributed by atoms with E-state index < -0.39 is 0 Å². The molecule has 176 valence electrons. The maximum atomic E-state index is 13.2. The van der Waals surface area contributed by atoms with Crippen LogP contribution in [0, 0.1) is 5.92 Å². The lowest BCUT2D eigenvalue weighted by Crippen LogP contribution is -2.51. The van der Waals surface area contributed by atoms with Crippen molar-refractivity contribution in [3.05, 3.63) is 72.0 Å². The number of benzene rings is 2. The summed E-state index contributed by atoms with van der Waals surface area (Å²) in [6, 6.07) is 18.2. The number of rotatable bonds is 5. The molecule has 2 aliphatic heterocycles.